The van der Waals surface area contributed by atoms with Gasteiger partial charge in [-0.1, -0.05) is 5.16 Å². The number of nitrogens with zero attached hydrogens (tertiary/aromatic N) is 6. The number of ether oxygens (including phenoxy) is 1. The molecule has 4 heterocycles. The number of benzene rings is 1. The molecule has 14 heteroatoms. The minimum Gasteiger partial charge on any atom is -0.442 e. The van der Waals surface area contributed by atoms with Crippen LogP contribution in [0.5, 0.6) is 0 Å². The Bertz CT molecular complexity index is 1320. The van der Waals surface area contributed by atoms with E-state index in [0.717, 1.165) is 5.01 Å². The predicted molar refractivity (Wildman–Crippen MR) is 133 cm³/mol. The van der Waals surface area contributed by atoms with Crippen molar-refractivity contribution in [2.75, 3.05) is 47.9 Å². The number of amides is 2. The van der Waals surface area contributed by atoms with Crippen molar-refractivity contribution in [2.24, 2.45) is 5.10 Å². The third-order valence-electron chi connectivity index (χ3n) is 6.04. The van der Waals surface area contributed by atoms with E-state index in [1.807, 2.05) is 0 Å². The van der Waals surface area contributed by atoms with Gasteiger partial charge in [0, 0.05) is 29.9 Å². The summed E-state index contributed by atoms with van der Waals surface area (Å²) in [5.41, 5.74) is 1.22. The standard InChI is InChI=1S/C24H24FN7O6/c25-19-9-16(31-12-17(38-24(31)36)11-26-21-5-8-37-29-21)2-3-18(19)15-1-4-22(27-10-15)30-6-7-32(28-14-30)23(35)20(34)13-33/h1-5,8-10,14,17,20,33-34H,6-7,11-13H2,(H,26,29)/t17-,20?/m0/s1. The average molecular weight is 525 g/mol. The van der Waals surface area contributed by atoms with Crippen LogP contribution in [0.1, 0.15) is 0 Å². The number of aliphatic hydroxyl groups is 2. The lowest BCUT2D eigenvalue weighted by Gasteiger charge is -2.28. The molecule has 0 spiro atoms. The number of cyclic esters (lactones) is 1. The first-order chi connectivity index (χ1) is 18.4. The topological polar surface area (TPSA) is 157 Å². The van der Waals surface area contributed by atoms with E-state index in [-0.39, 0.29) is 13.1 Å². The van der Waals surface area contributed by atoms with E-state index in [1.165, 1.54) is 29.8 Å². The lowest BCUT2D eigenvalue weighted by Crippen LogP contribution is -2.45. The molecule has 2 aromatic heterocycles. The van der Waals surface area contributed by atoms with Crippen molar-refractivity contribution < 1.29 is 33.5 Å². The Hall–Kier alpha value is -4.56. The number of carbonyl (C=O) groups is 2. The molecule has 1 saturated heterocycles. The number of hydrogen-bond donors (Lipinski definition) is 3. The molecule has 5 rings (SSSR count). The molecular formula is C24H24FN7O6. The van der Waals surface area contributed by atoms with Gasteiger partial charge >= 0.3 is 6.09 Å². The third kappa shape index (κ3) is 5.26. The highest BCUT2D eigenvalue weighted by atomic mass is 19.1. The second-order valence-electron chi connectivity index (χ2n) is 8.54. The Kier molecular flexibility index (Phi) is 7.15. The molecule has 13 nitrogen and oxygen atoms in total. The first-order valence-electron chi connectivity index (χ1n) is 11.7. The molecular weight excluding hydrogens is 501 g/mol. The molecule has 0 aliphatic carbocycles. The average Bonchev–Trinajstić information content (AvgIpc) is 3.60. The Morgan fingerprint density at radius 3 is 2.76 bits per heavy atom. The van der Waals surface area contributed by atoms with Gasteiger partial charge in [0.1, 0.15) is 30.3 Å². The molecule has 2 amide bonds. The number of aromatic nitrogens is 2. The number of hydrazone groups is 1. The number of pyridine rings is 1. The van der Waals surface area contributed by atoms with Crippen LogP contribution in [0.2, 0.25) is 0 Å². The van der Waals surface area contributed by atoms with Crippen LogP contribution in [-0.4, -0.2) is 88.7 Å². The van der Waals surface area contributed by atoms with Gasteiger partial charge in [-0.05, 0) is 30.3 Å². The molecule has 2 aliphatic rings. The highest BCUT2D eigenvalue weighted by Crippen LogP contribution is 2.29. The van der Waals surface area contributed by atoms with Crippen LogP contribution < -0.4 is 15.1 Å². The second-order valence-corrected chi connectivity index (χ2v) is 8.54. The fourth-order valence-corrected chi connectivity index (χ4v) is 4.02. The minimum atomic E-state index is -1.52. The molecule has 2 atom stereocenters. The van der Waals surface area contributed by atoms with E-state index in [4.69, 9.17) is 14.4 Å². The van der Waals surface area contributed by atoms with Crippen molar-refractivity contribution in [2.45, 2.75) is 12.2 Å². The summed E-state index contributed by atoms with van der Waals surface area (Å²) in [5.74, 6) is -0.150. The lowest BCUT2D eigenvalue weighted by molar-refractivity contribution is -0.142. The summed E-state index contributed by atoms with van der Waals surface area (Å²) in [7, 11) is 0. The van der Waals surface area contributed by atoms with E-state index in [0.29, 0.717) is 41.5 Å². The molecule has 38 heavy (non-hydrogen) atoms. The van der Waals surface area contributed by atoms with Crippen molar-refractivity contribution in [3.63, 3.8) is 0 Å². The fourth-order valence-electron chi connectivity index (χ4n) is 4.02. The van der Waals surface area contributed by atoms with Gasteiger partial charge in [0.2, 0.25) is 0 Å². The Morgan fingerprint density at radius 2 is 2.11 bits per heavy atom. The summed E-state index contributed by atoms with van der Waals surface area (Å²) in [6.45, 7) is 0.456. The molecule has 198 valence electrons. The van der Waals surface area contributed by atoms with E-state index in [1.54, 1.807) is 35.2 Å². The number of aliphatic hydroxyl groups excluding tert-OH is 2. The van der Waals surface area contributed by atoms with Gasteiger partial charge in [-0.25, -0.2) is 19.2 Å². The third-order valence-corrected chi connectivity index (χ3v) is 6.04. The maximum Gasteiger partial charge on any atom is 0.414 e. The van der Waals surface area contributed by atoms with E-state index in [9.17, 15) is 14.7 Å². The summed E-state index contributed by atoms with van der Waals surface area (Å²) < 4.78 is 25.2. The summed E-state index contributed by atoms with van der Waals surface area (Å²) in [4.78, 5) is 31.7. The molecule has 0 bridgehead atoms. The molecule has 0 saturated carbocycles. The molecule has 3 N–H and O–H groups in total. The Morgan fingerprint density at radius 1 is 1.24 bits per heavy atom. The van der Waals surface area contributed by atoms with Crippen molar-refractivity contribution in [1.82, 2.24) is 15.1 Å². The number of carbonyl (C=O) groups excluding carboxylic acids is 2. The lowest BCUT2D eigenvalue weighted by atomic mass is 10.1. The summed E-state index contributed by atoms with van der Waals surface area (Å²) in [6, 6.07) is 9.54. The van der Waals surface area contributed by atoms with E-state index in [2.05, 4.69) is 20.6 Å². The van der Waals surface area contributed by atoms with Gasteiger partial charge in [-0.15, -0.1) is 0 Å². The number of hydrogen-bond acceptors (Lipinski definition) is 11. The zero-order chi connectivity index (χ0) is 26.6. The minimum absolute atomic E-state index is 0.196. The number of nitrogens with one attached hydrogen (secondary N) is 1. The van der Waals surface area contributed by atoms with Gasteiger partial charge in [-0.2, -0.15) is 5.10 Å². The maximum absolute atomic E-state index is 15.1. The van der Waals surface area contributed by atoms with Crippen LogP contribution in [0.25, 0.3) is 11.1 Å². The Labute approximate surface area is 215 Å². The summed E-state index contributed by atoms with van der Waals surface area (Å²) in [5, 5.41) is 30.2. The molecule has 1 fully saturated rings. The molecule has 2 aliphatic heterocycles. The van der Waals surface area contributed by atoms with Gasteiger partial charge in [0.15, 0.2) is 11.9 Å². The van der Waals surface area contributed by atoms with Gasteiger partial charge in [0.25, 0.3) is 5.91 Å². The van der Waals surface area contributed by atoms with Crippen LogP contribution in [0.15, 0.2) is 58.5 Å². The van der Waals surface area contributed by atoms with Crippen molar-refractivity contribution in [1.29, 1.82) is 0 Å². The fraction of sp³-hybridized carbons (Fsp3) is 0.292. The molecule has 1 aromatic carbocycles. The first-order valence-corrected chi connectivity index (χ1v) is 11.7. The zero-order valence-electron chi connectivity index (χ0n) is 20.0. The smallest absolute Gasteiger partial charge is 0.414 e. The molecule has 0 radical (unpaired) electrons. The van der Waals surface area contributed by atoms with Crippen molar-refractivity contribution >= 4 is 35.7 Å². The normalized spacial score (nSPS) is 18.0. The SMILES string of the molecule is O=C(C(O)CO)N1CCN(c2ccc(-c3ccc(N4C[C@H](CNc5ccon5)OC4=O)cc3F)cn2)C=N1. The number of halogens is 1. The monoisotopic (exact) mass is 525 g/mol. The van der Waals surface area contributed by atoms with Crippen molar-refractivity contribution in [3.05, 3.63) is 54.7 Å². The summed E-state index contributed by atoms with van der Waals surface area (Å²) in [6.07, 6.45) is 1.81. The number of anilines is 3. The maximum atomic E-state index is 15.1. The van der Waals surface area contributed by atoms with Crippen LogP contribution in [0.3, 0.4) is 0 Å². The van der Waals surface area contributed by atoms with Gasteiger partial charge in [-0.3, -0.25) is 9.69 Å². The molecule has 3 aromatic rings. The van der Waals surface area contributed by atoms with Crippen LogP contribution in [0.4, 0.5) is 26.5 Å². The van der Waals surface area contributed by atoms with E-state index >= 15 is 4.39 Å². The highest BCUT2D eigenvalue weighted by molar-refractivity contribution is 5.90. The molecule has 1 unspecified atom stereocenters. The quantitative estimate of drug-likeness (QED) is 0.391. The van der Waals surface area contributed by atoms with E-state index < -0.39 is 36.6 Å². The number of rotatable bonds is 8. The van der Waals surface area contributed by atoms with Gasteiger partial charge in [0.05, 0.1) is 31.9 Å². The summed E-state index contributed by atoms with van der Waals surface area (Å²) >= 11 is 0. The van der Waals surface area contributed by atoms with Gasteiger partial charge < -0.3 is 29.7 Å². The zero-order valence-corrected chi connectivity index (χ0v) is 20.0. The first kappa shape index (κ1) is 25.1. The predicted octanol–water partition coefficient (Wildman–Crippen LogP) is 1.26. The van der Waals surface area contributed by atoms with Crippen LogP contribution >= 0.6 is 0 Å². The second kappa shape index (κ2) is 10.8. The van der Waals surface area contributed by atoms with Crippen molar-refractivity contribution in [3.8, 4) is 11.1 Å². The van der Waals surface area contributed by atoms with Crippen LogP contribution in [-0.2, 0) is 9.53 Å². The largest absolute Gasteiger partial charge is 0.442 e. The highest BCUT2D eigenvalue weighted by Gasteiger charge is 2.33. The Balaban J connectivity index is 1.22. The van der Waals surface area contributed by atoms with Crippen LogP contribution in [0, 0.1) is 5.82 Å².